The Balaban J connectivity index is 2.10. The molecule has 0 heterocycles. The molecule has 2 atom stereocenters. The maximum atomic E-state index is 13.0. The number of ether oxygens (including phenoxy) is 1. The van der Waals surface area contributed by atoms with Crippen molar-refractivity contribution in [2.75, 3.05) is 14.1 Å². The zero-order chi connectivity index (χ0) is 22.6. The minimum absolute atomic E-state index is 0.0424. The number of esters is 1. The lowest BCUT2D eigenvalue weighted by Gasteiger charge is -2.19. The molecular formula is C20H22ClFN2O5S. The molecule has 2 aromatic carbocycles. The van der Waals surface area contributed by atoms with Crippen LogP contribution in [0.2, 0.25) is 5.02 Å². The number of hydrogen-bond donors (Lipinski definition) is 1. The number of halogens is 2. The van der Waals surface area contributed by atoms with E-state index in [1.165, 1.54) is 57.4 Å². The summed E-state index contributed by atoms with van der Waals surface area (Å²) in [7, 11) is -1.19. The van der Waals surface area contributed by atoms with Gasteiger partial charge in [-0.05, 0) is 49.7 Å². The first-order chi connectivity index (χ1) is 13.9. The smallest absolute Gasteiger partial charge is 0.338 e. The highest BCUT2D eigenvalue weighted by molar-refractivity contribution is 7.89. The van der Waals surface area contributed by atoms with Gasteiger partial charge in [0.1, 0.15) is 10.7 Å². The van der Waals surface area contributed by atoms with Crippen LogP contribution in [0.25, 0.3) is 0 Å². The molecule has 162 valence electrons. The van der Waals surface area contributed by atoms with Crippen LogP contribution in [0.1, 0.15) is 35.8 Å². The third-order valence-corrected chi connectivity index (χ3v) is 6.60. The number of sulfonamides is 1. The first kappa shape index (κ1) is 23.8. The molecule has 1 N–H and O–H groups in total. The van der Waals surface area contributed by atoms with Crippen LogP contribution in [0.5, 0.6) is 0 Å². The first-order valence-corrected chi connectivity index (χ1v) is 10.7. The monoisotopic (exact) mass is 456 g/mol. The number of nitrogens with zero attached hydrogens (tertiary/aromatic N) is 1. The zero-order valence-electron chi connectivity index (χ0n) is 16.8. The summed E-state index contributed by atoms with van der Waals surface area (Å²) in [6.07, 6.45) is -1.15. The summed E-state index contributed by atoms with van der Waals surface area (Å²) >= 11 is 5.97. The third kappa shape index (κ3) is 5.56. The van der Waals surface area contributed by atoms with E-state index < -0.39 is 39.9 Å². The molecule has 0 saturated carbocycles. The number of rotatable bonds is 7. The number of benzene rings is 2. The highest BCUT2D eigenvalue weighted by atomic mass is 35.5. The maximum absolute atomic E-state index is 13.0. The van der Waals surface area contributed by atoms with Crippen molar-refractivity contribution in [3.05, 3.63) is 64.4 Å². The van der Waals surface area contributed by atoms with E-state index in [2.05, 4.69) is 5.32 Å². The number of carbonyl (C=O) groups is 2. The molecule has 1 amide bonds. The van der Waals surface area contributed by atoms with Crippen LogP contribution in [0.3, 0.4) is 0 Å². The van der Waals surface area contributed by atoms with Crippen LogP contribution in [-0.4, -0.2) is 44.8 Å². The largest absolute Gasteiger partial charge is 0.449 e. The van der Waals surface area contributed by atoms with Crippen LogP contribution in [-0.2, 0) is 19.6 Å². The van der Waals surface area contributed by atoms with Gasteiger partial charge >= 0.3 is 5.97 Å². The lowest BCUT2D eigenvalue weighted by atomic mass is 10.1. The second-order valence-electron chi connectivity index (χ2n) is 6.76. The summed E-state index contributed by atoms with van der Waals surface area (Å²) in [6.45, 7) is 3.09. The fourth-order valence-electron chi connectivity index (χ4n) is 2.47. The topological polar surface area (TPSA) is 92.8 Å². The van der Waals surface area contributed by atoms with Crippen molar-refractivity contribution in [2.45, 2.75) is 30.9 Å². The van der Waals surface area contributed by atoms with Crippen molar-refractivity contribution < 1.29 is 27.1 Å². The van der Waals surface area contributed by atoms with Crippen molar-refractivity contribution in [1.82, 2.24) is 9.62 Å². The van der Waals surface area contributed by atoms with E-state index in [1.54, 1.807) is 6.92 Å². The van der Waals surface area contributed by atoms with Crippen molar-refractivity contribution in [1.29, 1.82) is 0 Å². The van der Waals surface area contributed by atoms with Gasteiger partial charge in [0.25, 0.3) is 5.91 Å². The van der Waals surface area contributed by atoms with Gasteiger partial charge in [0, 0.05) is 14.1 Å². The Hall–Kier alpha value is -2.49. The lowest BCUT2D eigenvalue weighted by molar-refractivity contribution is -0.129. The minimum atomic E-state index is -3.87. The number of amides is 1. The van der Waals surface area contributed by atoms with E-state index >= 15 is 0 Å². The molecule has 0 spiro atoms. The van der Waals surface area contributed by atoms with Crippen LogP contribution in [0.4, 0.5) is 4.39 Å². The van der Waals surface area contributed by atoms with Gasteiger partial charge in [-0.2, -0.15) is 0 Å². The summed E-state index contributed by atoms with van der Waals surface area (Å²) in [6, 6.07) is 8.89. The highest BCUT2D eigenvalue weighted by Crippen LogP contribution is 2.25. The van der Waals surface area contributed by atoms with Gasteiger partial charge in [-0.25, -0.2) is 21.9 Å². The summed E-state index contributed by atoms with van der Waals surface area (Å²) in [5.74, 6) is -1.83. The molecule has 2 rings (SSSR count). The highest BCUT2D eigenvalue weighted by Gasteiger charge is 2.25. The van der Waals surface area contributed by atoms with Crippen molar-refractivity contribution in [3.8, 4) is 0 Å². The van der Waals surface area contributed by atoms with Gasteiger partial charge in [-0.3, -0.25) is 4.79 Å². The summed E-state index contributed by atoms with van der Waals surface area (Å²) in [4.78, 5) is 24.5. The Labute approximate surface area is 179 Å². The maximum Gasteiger partial charge on any atom is 0.338 e. The predicted molar refractivity (Wildman–Crippen MR) is 110 cm³/mol. The Bertz CT molecular complexity index is 1040. The summed E-state index contributed by atoms with van der Waals surface area (Å²) in [5.41, 5.74) is 0.616. The second kappa shape index (κ2) is 9.55. The molecule has 7 nitrogen and oxygen atoms in total. The molecular weight excluding hydrogens is 435 g/mol. The van der Waals surface area contributed by atoms with Gasteiger partial charge in [0.15, 0.2) is 6.10 Å². The summed E-state index contributed by atoms with van der Waals surface area (Å²) < 4.78 is 43.8. The zero-order valence-corrected chi connectivity index (χ0v) is 18.4. The van der Waals surface area contributed by atoms with E-state index in [0.717, 1.165) is 10.4 Å². The molecule has 0 fully saturated rings. The predicted octanol–water partition coefficient (Wildman–Crippen LogP) is 3.15. The number of carbonyl (C=O) groups excluding carboxylic acids is 2. The molecule has 0 radical (unpaired) electrons. The van der Waals surface area contributed by atoms with E-state index in [4.69, 9.17) is 16.3 Å². The molecule has 10 heteroatoms. The molecule has 0 aliphatic rings. The van der Waals surface area contributed by atoms with Crippen molar-refractivity contribution in [3.63, 3.8) is 0 Å². The SMILES string of the molecule is CC(OC(=O)c1ccc(Cl)c(S(=O)(=O)N(C)C)c1)C(=O)NC(C)c1ccc(F)cc1. The fraction of sp³-hybridized carbons (Fsp3) is 0.300. The second-order valence-corrected chi connectivity index (χ2v) is 9.29. The molecule has 0 aliphatic heterocycles. The molecule has 0 aromatic heterocycles. The average Bonchev–Trinajstić information content (AvgIpc) is 2.68. The van der Waals surface area contributed by atoms with Crippen molar-refractivity contribution in [2.24, 2.45) is 0 Å². The molecule has 2 unspecified atom stereocenters. The average molecular weight is 457 g/mol. The molecule has 0 bridgehead atoms. The van der Waals surface area contributed by atoms with E-state index in [0.29, 0.717) is 5.56 Å². The Morgan fingerprint density at radius 1 is 1.10 bits per heavy atom. The van der Waals surface area contributed by atoms with Crippen LogP contribution in [0, 0.1) is 5.82 Å². The quantitative estimate of drug-likeness (QED) is 0.646. The van der Waals surface area contributed by atoms with Gasteiger partial charge in [-0.1, -0.05) is 23.7 Å². The molecule has 2 aromatic rings. The van der Waals surface area contributed by atoms with E-state index in [-0.39, 0.29) is 15.5 Å². The molecule has 0 aliphatic carbocycles. The van der Waals surface area contributed by atoms with Gasteiger partial charge in [0.2, 0.25) is 10.0 Å². The lowest BCUT2D eigenvalue weighted by Crippen LogP contribution is -2.37. The fourth-order valence-corrected chi connectivity index (χ4v) is 3.87. The van der Waals surface area contributed by atoms with Crippen LogP contribution in [0.15, 0.2) is 47.4 Å². The normalized spacial score (nSPS) is 13.6. The summed E-state index contributed by atoms with van der Waals surface area (Å²) in [5, 5.41) is 2.63. The van der Waals surface area contributed by atoms with Crippen LogP contribution < -0.4 is 5.32 Å². The van der Waals surface area contributed by atoms with Gasteiger partial charge in [0.05, 0.1) is 16.6 Å². The number of nitrogens with one attached hydrogen (secondary N) is 1. The van der Waals surface area contributed by atoms with Crippen molar-refractivity contribution >= 4 is 33.5 Å². The molecule has 30 heavy (non-hydrogen) atoms. The third-order valence-electron chi connectivity index (χ3n) is 4.31. The number of hydrogen-bond acceptors (Lipinski definition) is 5. The van der Waals surface area contributed by atoms with E-state index in [9.17, 15) is 22.4 Å². The molecule has 0 saturated heterocycles. The van der Waals surface area contributed by atoms with E-state index in [1.807, 2.05) is 0 Å². The Kier molecular flexibility index (Phi) is 7.57. The van der Waals surface area contributed by atoms with Gasteiger partial charge < -0.3 is 10.1 Å². The first-order valence-electron chi connectivity index (χ1n) is 8.92. The Morgan fingerprint density at radius 2 is 1.70 bits per heavy atom. The van der Waals surface area contributed by atoms with Gasteiger partial charge in [-0.15, -0.1) is 0 Å². The van der Waals surface area contributed by atoms with Crippen LogP contribution >= 0.6 is 11.6 Å². The minimum Gasteiger partial charge on any atom is -0.449 e. The standard InChI is InChI=1S/C20H22ClFN2O5S/c1-12(14-5-8-16(22)9-6-14)23-19(25)13(2)29-20(26)15-7-10-17(21)18(11-15)30(27,28)24(3)4/h5-13H,1-4H3,(H,23,25). The Morgan fingerprint density at radius 3 is 2.27 bits per heavy atom.